The summed E-state index contributed by atoms with van der Waals surface area (Å²) in [5, 5.41) is 23.9. The van der Waals surface area contributed by atoms with Crippen LogP contribution in [0, 0.1) is 0 Å². The van der Waals surface area contributed by atoms with Gasteiger partial charge in [0.2, 0.25) is 23.9 Å². The van der Waals surface area contributed by atoms with Gasteiger partial charge in [0.1, 0.15) is 18.7 Å². The Morgan fingerprint density at radius 1 is 0.972 bits per heavy atom. The van der Waals surface area contributed by atoms with Crippen LogP contribution in [0.25, 0.3) is 0 Å². The van der Waals surface area contributed by atoms with Crippen LogP contribution in [0.2, 0.25) is 0 Å². The summed E-state index contributed by atoms with van der Waals surface area (Å²) in [7, 11) is 0. The monoisotopic (exact) mass is 497 g/mol. The molecule has 2 aromatic carbocycles. The molecule has 0 aromatic heterocycles. The van der Waals surface area contributed by atoms with Crippen LogP contribution in [0.3, 0.4) is 0 Å². The number of hydrogen-bond donors (Lipinski definition) is 4. The van der Waals surface area contributed by atoms with E-state index in [2.05, 4.69) is 10.6 Å². The molecule has 10 heteroatoms. The summed E-state index contributed by atoms with van der Waals surface area (Å²) < 4.78 is 5.16. The number of nitrogens with one attached hydrogen (secondary N) is 2. The molecule has 0 radical (unpaired) electrons. The van der Waals surface area contributed by atoms with Crippen LogP contribution in [0.5, 0.6) is 0 Å². The first kappa shape index (κ1) is 26.8. The minimum Gasteiger partial charge on any atom is -0.445 e. The van der Waals surface area contributed by atoms with Gasteiger partial charge in [-0.2, -0.15) is 0 Å². The minimum absolute atomic E-state index is 0.0515. The highest BCUT2D eigenvalue weighted by Gasteiger charge is 2.38. The van der Waals surface area contributed by atoms with Crippen molar-refractivity contribution in [2.45, 2.75) is 57.2 Å². The predicted octanol–water partition coefficient (Wildman–Crippen LogP) is 0.900. The van der Waals surface area contributed by atoms with E-state index < -0.39 is 48.1 Å². The van der Waals surface area contributed by atoms with Crippen LogP contribution in [-0.2, 0) is 32.1 Å². The van der Waals surface area contributed by atoms with Gasteiger partial charge in [-0.1, -0.05) is 60.7 Å². The smallest absolute Gasteiger partial charge is 0.408 e. The number of likely N-dealkylation sites (tertiary alicyclic amines) is 1. The van der Waals surface area contributed by atoms with Gasteiger partial charge < -0.3 is 30.5 Å². The zero-order valence-electron chi connectivity index (χ0n) is 20.0. The second kappa shape index (κ2) is 12.8. The van der Waals surface area contributed by atoms with E-state index >= 15 is 0 Å². The van der Waals surface area contributed by atoms with Crippen molar-refractivity contribution in [3.63, 3.8) is 0 Å². The molecule has 0 aliphatic carbocycles. The van der Waals surface area contributed by atoms with Crippen molar-refractivity contribution >= 4 is 23.7 Å². The number of carbonyl (C=O) groups excluding carboxylic acids is 4. The predicted molar refractivity (Wildman–Crippen MR) is 129 cm³/mol. The molecule has 3 rings (SSSR count). The molecule has 36 heavy (non-hydrogen) atoms. The summed E-state index contributed by atoms with van der Waals surface area (Å²) in [6.45, 7) is 1.86. The molecule has 0 saturated carbocycles. The quantitative estimate of drug-likeness (QED) is 0.357. The van der Waals surface area contributed by atoms with E-state index in [1.807, 2.05) is 18.2 Å². The Kier molecular flexibility index (Phi) is 9.54. The maximum Gasteiger partial charge on any atom is 0.408 e. The third kappa shape index (κ3) is 7.37. The molecule has 1 aliphatic rings. The molecular formula is C26H31N3O7. The number of Topliss-reactive ketones (excluding diaryl/α,β-unsaturated/α-hetero) is 1. The first-order valence-corrected chi connectivity index (χ1v) is 11.8. The van der Waals surface area contributed by atoms with Crippen molar-refractivity contribution in [2.24, 2.45) is 0 Å². The lowest BCUT2D eigenvalue weighted by Crippen LogP contribution is -2.55. The molecule has 3 amide bonds. The fourth-order valence-corrected chi connectivity index (χ4v) is 4.08. The Labute approximate surface area is 209 Å². The molecule has 1 saturated heterocycles. The Morgan fingerprint density at radius 3 is 2.19 bits per heavy atom. The van der Waals surface area contributed by atoms with Crippen molar-refractivity contribution in [3.05, 3.63) is 71.8 Å². The molecular weight excluding hydrogens is 466 g/mol. The van der Waals surface area contributed by atoms with Crippen LogP contribution < -0.4 is 10.6 Å². The number of ether oxygens (including phenoxy) is 1. The van der Waals surface area contributed by atoms with Gasteiger partial charge in [-0.05, 0) is 37.3 Å². The van der Waals surface area contributed by atoms with Gasteiger partial charge in [0, 0.05) is 6.54 Å². The molecule has 1 heterocycles. The van der Waals surface area contributed by atoms with Gasteiger partial charge in [0.25, 0.3) is 0 Å². The number of aliphatic hydroxyl groups excluding tert-OH is 1. The minimum atomic E-state index is -2.24. The first-order chi connectivity index (χ1) is 17.3. The number of benzene rings is 2. The summed E-state index contributed by atoms with van der Waals surface area (Å²) in [5.74, 6) is -1.98. The number of ketones is 1. The highest BCUT2D eigenvalue weighted by Crippen LogP contribution is 2.19. The molecule has 192 valence electrons. The van der Waals surface area contributed by atoms with Gasteiger partial charge in [0.05, 0.1) is 6.04 Å². The van der Waals surface area contributed by atoms with E-state index in [0.717, 1.165) is 11.1 Å². The normalized spacial score (nSPS) is 16.8. The van der Waals surface area contributed by atoms with Crippen LogP contribution >= 0.6 is 0 Å². The lowest BCUT2D eigenvalue weighted by molar-refractivity contribution is -0.149. The van der Waals surface area contributed by atoms with E-state index in [4.69, 9.17) is 4.74 Å². The lowest BCUT2D eigenvalue weighted by atomic mass is 10.0. The van der Waals surface area contributed by atoms with E-state index in [1.165, 1.54) is 11.8 Å². The molecule has 4 N–H and O–H groups in total. The van der Waals surface area contributed by atoms with E-state index in [1.54, 1.807) is 42.5 Å². The highest BCUT2D eigenvalue weighted by molar-refractivity contribution is 5.95. The summed E-state index contributed by atoms with van der Waals surface area (Å²) in [6.07, 6.45) is -2.00. The molecule has 3 atom stereocenters. The van der Waals surface area contributed by atoms with Gasteiger partial charge in [0.15, 0.2) is 0 Å². The number of rotatable bonds is 10. The molecule has 1 fully saturated rings. The summed E-state index contributed by atoms with van der Waals surface area (Å²) in [5.41, 5.74) is 1.53. The first-order valence-electron chi connectivity index (χ1n) is 11.8. The van der Waals surface area contributed by atoms with E-state index in [9.17, 15) is 29.4 Å². The number of aliphatic hydroxyl groups is 2. The zero-order valence-corrected chi connectivity index (χ0v) is 20.0. The number of alkyl carbamates (subject to hydrolysis) is 1. The highest BCUT2D eigenvalue weighted by atomic mass is 16.5. The maximum absolute atomic E-state index is 13.1. The number of amides is 3. The third-order valence-corrected chi connectivity index (χ3v) is 5.95. The Morgan fingerprint density at radius 2 is 1.58 bits per heavy atom. The third-order valence-electron chi connectivity index (χ3n) is 5.95. The number of nitrogens with zero attached hydrogens (tertiary/aromatic N) is 1. The van der Waals surface area contributed by atoms with Crippen molar-refractivity contribution in [1.29, 1.82) is 0 Å². The average molecular weight is 498 g/mol. The topological polar surface area (TPSA) is 145 Å². The molecule has 10 nitrogen and oxygen atoms in total. The fourth-order valence-electron chi connectivity index (χ4n) is 4.08. The summed E-state index contributed by atoms with van der Waals surface area (Å²) in [6, 6.07) is 15.0. The molecule has 2 aromatic rings. The van der Waals surface area contributed by atoms with Gasteiger partial charge in [-0.25, -0.2) is 4.79 Å². The van der Waals surface area contributed by atoms with Gasteiger partial charge in [-0.3, -0.25) is 14.4 Å². The average Bonchev–Trinajstić information content (AvgIpc) is 3.37. The lowest BCUT2D eigenvalue weighted by Gasteiger charge is -2.28. The fraction of sp³-hybridized carbons (Fsp3) is 0.385. The van der Waals surface area contributed by atoms with Crippen molar-refractivity contribution in [3.8, 4) is 0 Å². The second-order valence-corrected chi connectivity index (χ2v) is 8.64. The Bertz CT molecular complexity index is 1050. The van der Waals surface area contributed by atoms with Crippen LogP contribution in [0.15, 0.2) is 60.7 Å². The molecule has 0 spiro atoms. The zero-order chi connectivity index (χ0) is 26.1. The Balaban J connectivity index is 1.59. The molecule has 0 bridgehead atoms. The van der Waals surface area contributed by atoms with Crippen molar-refractivity contribution in [2.75, 3.05) is 6.54 Å². The SMILES string of the molecule is C[C@H](NC(=O)OCc1ccccc1)C(=O)N1CCC[C@H]1C(=O)N[C@@H](Cc1ccccc1)C(=O)C(O)O. The van der Waals surface area contributed by atoms with Crippen molar-refractivity contribution < 1.29 is 34.1 Å². The standard InChI is InChI=1S/C26H31N3O7/c1-17(27-26(35)36-16-19-11-6-3-7-12-19)24(32)29-14-8-13-21(29)23(31)28-20(22(30)25(33)34)15-18-9-4-2-5-10-18/h2-7,9-12,17,20-21,25,33-34H,8,13-16H2,1H3,(H,27,35)(H,28,31)/t17-,20-,21-/m0/s1. The molecule has 0 unspecified atom stereocenters. The Hall–Kier alpha value is -3.76. The molecule has 1 aliphatic heterocycles. The van der Waals surface area contributed by atoms with Crippen LogP contribution in [0.4, 0.5) is 4.79 Å². The maximum atomic E-state index is 13.1. The van der Waals surface area contributed by atoms with E-state index in [0.29, 0.717) is 19.4 Å². The largest absolute Gasteiger partial charge is 0.445 e. The number of hydrogen-bond acceptors (Lipinski definition) is 7. The van der Waals surface area contributed by atoms with Crippen LogP contribution in [-0.4, -0.2) is 69.8 Å². The summed E-state index contributed by atoms with van der Waals surface area (Å²) >= 11 is 0. The summed E-state index contributed by atoms with van der Waals surface area (Å²) in [4.78, 5) is 51.9. The van der Waals surface area contributed by atoms with Gasteiger partial charge >= 0.3 is 6.09 Å². The van der Waals surface area contributed by atoms with Crippen LogP contribution in [0.1, 0.15) is 30.9 Å². The number of carbonyl (C=O) groups is 4. The van der Waals surface area contributed by atoms with E-state index in [-0.39, 0.29) is 13.0 Å². The van der Waals surface area contributed by atoms with Gasteiger partial charge in [-0.15, -0.1) is 0 Å². The second-order valence-electron chi connectivity index (χ2n) is 8.64. The van der Waals surface area contributed by atoms with Crippen molar-refractivity contribution in [1.82, 2.24) is 15.5 Å².